The molecule has 27 heavy (non-hydrogen) atoms. The van der Waals surface area contributed by atoms with Crippen LogP contribution in [0.15, 0.2) is 47.5 Å². The van der Waals surface area contributed by atoms with Crippen molar-refractivity contribution in [2.75, 3.05) is 24.5 Å². The molecule has 0 atom stereocenters. The van der Waals surface area contributed by atoms with Gasteiger partial charge in [0.05, 0.1) is 16.8 Å². The standard InChI is InChI=1S/C19H24N4O3S/c20-27(25,26)17-7-4-15(5-8-17)10-11-21-19(24)18-9-6-16(14-22-18)23-12-2-1-3-13-23/h4-9,14H,1-3,10-13H2,(H,21,24)(H2,20,25,26). The third-order valence-corrected chi connectivity index (χ3v) is 5.58. The van der Waals surface area contributed by atoms with Crippen LogP contribution in [0.25, 0.3) is 0 Å². The average molecular weight is 388 g/mol. The number of carbonyl (C=O) groups is 1. The molecule has 3 N–H and O–H groups in total. The molecule has 2 aromatic rings. The Labute approximate surface area is 159 Å². The van der Waals surface area contributed by atoms with Gasteiger partial charge in [0.1, 0.15) is 5.69 Å². The van der Waals surface area contributed by atoms with E-state index in [1.54, 1.807) is 24.4 Å². The summed E-state index contributed by atoms with van der Waals surface area (Å²) < 4.78 is 22.5. The molecule has 0 bridgehead atoms. The van der Waals surface area contributed by atoms with Crippen molar-refractivity contribution >= 4 is 21.6 Å². The highest BCUT2D eigenvalue weighted by Gasteiger charge is 2.13. The SMILES string of the molecule is NS(=O)(=O)c1ccc(CCNC(=O)c2ccc(N3CCCCC3)cn2)cc1. The van der Waals surface area contributed by atoms with Crippen LogP contribution in [-0.4, -0.2) is 38.9 Å². The van der Waals surface area contributed by atoms with Crippen molar-refractivity contribution in [3.8, 4) is 0 Å². The smallest absolute Gasteiger partial charge is 0.269 e. The number of primary sulfonamides is 1. The van der Waals surface area contributed by atoms with E-state index < -0.39 is 10.0 Å². The Morgan fingerprint density at radius 1 is 1.07 bits per heavy atom. The predicted molar refractivity (Wildman–Crippen MR) is 104 cm³/mol. The van der Waals surface area contributed by atoms with Gasteiger partial charge in [-0.2, -0.15) is 0 Å². The van der Waals surface area contributed by atoms with Crippen LogP contribution in [0.1, 0.15) is 35.3 Å². The summed E-state index contributed by atoms with van der Waals surface area (Å²) in [6.45, 7) is 2.51. The van der Waals surface area contributed by atoms with E-state index in [-0.39, 0.29) is 10.8 Å². The zero-order chi connectivity index (χ0) is 19.3. The van der Waals surface area contributed by atoms with E-state index in [0.29, 0.717) is 18.7 Å². The van der Waals surface area contributed by atoms with E-state index in [1.165, 1.54) is 31.4 Å². The number of piperidine rings is 1. The largest absolute Gasteiger partial charge is 0.370 e. The lowest BCUT2D eigenvalue weighted by molar-refractivity contribution is 0.0949. The number of anilines is 1. The molecular formula is C19H24N4O3S. The van der Waals surface area contributed by atoms with Crippen molar-refractivity contribution in [2.45, 2.75) is 30.6 Å². The van der Waals surface area contributed by atoms with Gasteiger partial charge in [-0.15, -0.1) is 0 Å². The first kappa shape index (κ1) is 19.3. The Morgan fingerprint density at radius 2 is 1.78 bits per heavy atom. The number of nitrogens with two attached hydrogens (primary N) is 1. The van der Waals surface area contributed by atoms with E-state index in [4.69, 9.17) is 5.14 Å². The first-order valence-electron chi connectivity index (χ1n) is 9.04. The van der Waals surface area contributed by atoms with Gasteiger partial charge >= 0.3 is 0 Å². The molecule has 144 valence electrons. The van der Waals surface area contributed by atoms with Crippen LogP contribution in [-0.2, 0) is 16.4 Å². The molecule has 1 amide bonds. The maximum atomic E-state index is 12.2. The normalized spacial score (nSPS) is 14.8. The Balaban J connectivity index is 1.50. The number of hydrogen-bond donors (Lipinski definition) is 2. The summed E-state index contributed by atoms with van der Waals surface area (Å²) in [5, 5.41) is 7.91. The van der Waals surface area contributed by atoms with E-state index >= 15 is 0 Å². The third-order valence-electron chi connectivity index (χ3n) is 4.65. The maximum Gasteiger partial charge on any atom is 0.269 e. The number of rotatable bonds is 6. The maximum absolute atomic E-state index is 12.2. The molecule has 1 aromatic carbocycles. The number of sulfonamides is 1. The van der Waals surface area contributed by atoms with Gasteiger partial charge in [0, 0.05) is 19.6 Å². The first-order valence-corrected chi connectivity index (χ1v) is 10.6. The Hall–Kier alpha value is -2.45. The molecule has 0 aliphatic carbocycles. The molecule has 0 radical (unpaired) electrons. The molecular weight excluding hydrogens is 364 g/mol. The quantitative estimate of drug-likeness (QED) is 0.783. The molecule has 1 aromatic heterocycles. The van der Waals surface area contributed by atoms with Crippen molar-refractivity contribution in [3.63, 3.8) is 0 Å². The van der Waals surface area contributed by atoms with Crippen LogP contribution < -0.4 is 15.4 Å². The second-order valence-electron chi connectivity index (χ2n) is 6.64. The number of aromatic nitrogens is 1. The number of amides is 1. The summed E-state index contributed by atoms with van der Waals surface area (Å²) in [5.74, 6) is -0.221. The van der Waals surface area contributed by atoms with E-state index in [0.717, 1.165) is 24.3 Å². The van der Waals surface area contributed by atoms with Crippen LogP contribution in [0.3, 0.4) is 0 Å². The summed E-state index contributed by atoms with van der Waals surface area (Å²) in [5.41, 5.74) is 2.36. The predicted octanol–water partition coefficient (Wildman–Crippen LogP) is 1.69. The summed E-state index contributed by atoms with van der Waals surface area (Å²) >= 11 is 0. The number of benzene rings is 1. The summed E-state index contributed by atoms with van der Waals surface area (Å²) in [4.78, 5) is 18.9. The van der Waals surface area contributed by atoms with Gasteiger partial charge in [0.2, 0.25) is 10.0 Å². The monoisotopic (exact) mass is 388 g/mol. The minimum absolute atomic E-state index is 0.0771. The fourth-order valence-electron chi connectivity index (χ4n) is 3.12. The second kappa shape index (κ2) is 8.49. The van der Waals surface area contributed by atoms with Crippen molar-refractivity contribution < 1.29 is 13.2 Å². The van der Waals surface area contributed by atoms with E-state index in [1.807, 2.05) is 6.07 Å². The van der Waals surface area contributed by atoms with Crippen molar-refractivity contribution in [2.24, 2.45) is 5.14 Å². The Kier molecular flexibility index (Phi) is 6.08. The highest BCUT2D eigenvalue weighted by Crippen LogP contribution is 2.18. The number of nitrogens with zero attached hydrogens (tertiary/aromatic N) is 2. The van der Waals surface area contributed by atoms with Crippen LogP contribution >= 0.6 is 0 Å². The molecule has 1 fully saturated rings. The molecule has 0 unspecified atom stereocenters. The molecule has 1 aliphatic heterocycles. The Bertz CT molecular complexity index is 874. The molecule has 2 heterocycles. The van der Waals surface area contributed by atoms with Gasteiger partial charge in [-0.05, 0) is 55.5 Å². The van der Waals surface area contributed by atoms with Crippen LogP contribution in [0, 0.1) is 0 Å². The van der Waals surface area contributed by atoms with Crippen LogP contribution in [0.2, 0.25) is 0 Å². The molecule has 0 spiro atoms. The molecule has 1 aliphatic rings. The molecule has 8 heteroatoms. The zero-order valence-electron chi connectivity index (χ0n) is 15.1. The van der Waals surface area contributed by atoms with E-state index in [2.05, 4.69) is 15.2 Å². The number of pyridine rings is 1. The lowest BCUT2D eigenvalue weighted by atomic mass is 10.1. The minimum atomic E-state index is -3.68. The van der Waals surface area contributed by atoms with Crippen molar-refractivity contribution in [1.82, 2.24) is 10.3 Å². The third kappa shape index (κ3) is 5.27. The fourth-order valence-corrected chi connectivity index (χ4v) is 3.63. The lowest BCUT2D eigenvalue weighted by Gasteiger charge is -2.28. The highest BCUT2D eigenvalue weighted by atomic mass is 32.2. The highest BCUT2D eigenvalue weighted by molar-refractivity contribution is 7.89. The summed E-state index contributed by atoms with van der Waals surface area (Å²) in [7, 11) is -3.68. The number of hydrogen-bond acceptors (Lipinski definition) is 5. The summed E-state index contributed by atoms with van der Waals surface area (Å²) in [6, 6.07) is 10.0. The van der Waals surface area contributed by atoms with Gasteiger partial charge in [0.15, 0.2) is 0 Å². The topological polar surface area (TPSA) is 105 Å². The van der Waals surface area contributed by atoms with Crippen molar-refractivity contribution in [1.29, 1.82) is 0 Å². The van der Waals surface area contributed by atoms with Crippen LogP contribution in [0.5, 0.6) is 0 Å². The van der Waals surface area contributed by atoms with Crippen molar-refractivity contribution in [3.05, 3.63) is 53.9 Å². The second-order valence-corrected chi connectivity index (χ2v) is 8.21. The van der Waals surface area contributed by atoms with Crippen LogP contribution in [0.4, 0.5) is 5.69 Å². The van der Waals surface area contributed by atoms with Gasteiger partial charge in [-0.3, -0.25) is 4.79 Å². The van der Waals surface area contributed by atoms with Gasteiger partial charge in [-0.25, -0.2) is 18.5 Å². The number of carbonyl (C=O) groups excluding carboxylic acids is 1. The molecule has 0 saturated carbocycles. The molecule has 1 saturated heterocycles. The van der Waals surface area contributed by atoms with Gasteiger partial charge < -0.3 is 10.2 Å². The minimum Gasteiger partial charge on any atom is -0.370 e. The molecule has 7 nitrogen and oxygen atoms in total. The first-order chi connectivity index (χ1) is 12.9. The van der Waals surface area contributed by atoms with E-state index in [9.17, 15) is 13.2 Å². The Morgan fingerprint density at radius 3 is 2.37 bits per heavy atom. The zero-order valence-corrected chi connectivity index (χ0v) is 15.9. The molecule has 3 rings (SSSR count). The van der Waals surface area contributed by atoms with Gasteiger partial charge in [0.25, 0.3) is 5.91 Å². The lowest BCUT2D eigenvalue weighted by Crippen LogP contribution is -2.30. The summed E-state index contributed by atoms with van der Waals surface area (Å²) in [6.07, 6.45) is 6.00. The average Bonchev–Trinajstić information content (AvgIpc) is 2.68. The number of nitrogens with one attached hydrogen (secondary N) is 1. The fraction of sp³-hybridized carbons (Fsp3) is 0.368. The van der Waals surface area contributed by atoms with Gasteiger partial charge in [-0.1, -0.05) is 12.1 Å².